The number of carbonyl (C=O) groups excluding carboxylic acids is 3. The number of hydrogen-bond acceptors (Lipinski definition) is 3. The van der Waals surface area contributed by atoms with Crippen molar-refractivity contribution < 1.29 is 14.4 Å². The third-order valence-corrected chi connectivity index (χ3v) is 3.71. The van der Waals surface area contributed by atoms with Gasteiger partial charge in [0.05, 0.1) is 0 Å². The molecule has 0 saturated heterocycles. The first kappa shape index (κ1) is 20.6. The van der Waals surface area contributed by atoms with Gasteiger partial charge in [0, 0.05) is 24.5 Å². The molecule has 0 radical (unpaired) electrons. The van der Waals surface area contributed by atoms with Crippen LogP contribution in [-0.2, 0) is 14.4 Å². The van der Waals surface area contributed by atoms with Crippen molar-refractivity contribution in [2.75, 3.05) is 13.1 Å². The van der Waals surface area contributed by atoms with Crippen LogP contribution in [0.4, 0.5) is 0 Å². The zero-order valence-corrected chi connectivity index (χ0v) is 14.0. The van der Waals surface area contributed by atoms with Crippen molar-refractivity contribution >= 4 is 17.7 Å². The Bertz CT molecular complexity index is 448. The van der Waals surface area contributed by atoms with E-state index in [0.717, 1.165) is 0 Å². The summed E-state index contributed by atoms with van der Waals surface area (Å²) < 4.78 is 0. The third-order valence-electron chi connectivity index (χ3n) is 3.71. The molecule has 0 bridgehead atoms. The fraction of sp³-hybridized carbons (Fsp3) is 0.471. The predicted molar refractivity (Wildman–Crippen MR) is 91.6 cm³/mol. The molecule has 0 aliphatic carbocycles. The summed E-state index contributed by atoms with van der Waals surface area (Å²) in [6.07, 6.45) is 4.90. The Labute approximate surface area is 138 Å². The van der Waals surface area contributed by atoms with Crippen LogP contribution in [0.3, 0.4) is 0 Å². The molecule has 3 amide bonds. The SMILES string of the molecule is C=CC(=O)NCC(CC)(CNC(=O)C=C)C[C@@H](C)NC(=O)C=C. The van der Waals surface area contributed by atoms with Crippen LogP contribution < -0.4 is 16.0 Å². The lowest BCUT2D eigenvalue weighted by Gasteiger charge is -2.35. The van der Waals surface area contributed by atoms with Crippen LogP contribution in [0.15, 0.2) is 38.0 Å². The lowest BCUT2D eigenvalue weighted by molar-refractivity contribution is -0.119. The van der Waals surface area contributed by atoms with Crippen LogP contribution in [0.5, 0.6) is 0 Å². The topological polar surface area (TPSA) is 87.3 Å². The Balaban J connectivity index is 5.04. The van der Waals surface area contributed by atoms with Gasteiger partial charge < -0.3 is 16.0 Å². The van der Waals surface area contributed by atoms with Crippen LogP contribution in [-0.4, -0.2) is 36.9 Å². The van der Waals surface area contributed by atoms with Gasteiger partial charge in [-0.25, -0.2) is 0 Å². The molecule has 128 valence electrons. The van der Waals surface area contributed by atoms with Crippen LogP contribution in [0.1, 0.15) is 26.7 Å². The van der Waals surface area contributed by atoms with E-state index in [2.05, 4.69) is 35.7 Å². The van der Waals surface area contributed by atoms with Crippen LogP contribution >= 0.6 is 0 Å². The molecule has 0 aliphatic heterocycles. The maximum atomic E-state index is 11.5. The van der Waals surface area contributed by atoms with E-state index in [4.69, 9.17) is 0 Å². The first-order valence-corrected chi connectivity index (χ1v) is 7.56. The fourth-order valence-corrected chi connectivity index (χ4v) is 2.30. The first-order chi connectivity index (χ1) is 10.8. The third kappa shape index (κ3) is 7.99. The largest absolute Gasteiger partial charge is 0.352 e. The van der Waals surface area contributed by atoms with Crippen molar-refractivity contribution in [2.45, 2.75) is 32.7 Å². The Morgan fingerprint density at radius 2 is 1.39 bits per heavy atom. The van der Waals surface area contributed by atoms with E-state index in [1.165, 1.54) is 18.2 Å². The number of rotatable bonds is 11. The van der Waals surface area contributed by atoms with E-state index in [9.17, 15) is 14.4 Å². The average molecular weight is 321 g/mol. The minimum atomic E-state index is -0.398. The van der Waals surface area contributed by atoms with Gasteiger partial charge in [0.25, 0.3) is 0 Å². The molecular weight excluding hydrogens is 294 g/mol. The second-order valence-corrected chi connectivity index (χ2v) is 5.52. The molecule has 0 aromatic heterocycles. The zero-order chi connectivity index (χ0) is 17.9. The van der Waals surface area contributed by atoms with Gasteiger partial charge in [0.2, 0.25) is 17.7 Å². The Kier molecular flexibility index (Phi) is 9.30. The normalized spacial score (nSPS) is 11.7. The van der Waals surface area contributed by atoms with E-state index in [-0.39, 0.29) is 23.8 Å². The van der Waals surface area contributed by atoms with Gasteiger partial charge in [-0.2, -0.15) is 0 Å². The summed E-state index contributed by atoms with van der Waals surface area (Å²) in [6.45, 7) is 14.8. The Morgan fingerprint density at radius 1 is 0.957 bits per heavy atom. The van der Waals surface area contributed by atoms with Crippen molar-refractivity contribution in [3.05, 3.63) is 38.0 Å². The second kappa shape index (κ2) is 10.4. The number of nitrogens with one attached hydrogen (secondary N) is 3. The number of amides is 3. The Morgan fingerprint density at radius 3 is 1.74 bits per heavy atom. The van der Waals surface area contributed by atoms with E-state index in [1.807, 2.05) is 13.8 Å². The lowest BCUT2D eigenvalue weighted by Crippen LogP contribution is -2.48. The zero-order valence-electron chi connectivity index (χ0n) is 14.0. The molecule has 23 heavy (non-hydrogen) atoms. The molecule has 0 rings (SSSR count). The highest BCUT2D eigenvalue weighted by Crippen LogP contribution is 2.27. The number of hydrogen-bond donors (Lipinski definition) is 3. The van der Waals surface area contributed by atoms with Gasteiger partial charge in [0.15, 0.2) is 0 Å². The highest BCUT2D eigenvalue weighted by Gasteiger charge is 2.31. The molecule has 0 heterocycles. The molecule has 6 heteroatoms. The summed E-state index contributed by atoms with van der Waals surface area (Å²) in [7, 11) is 0. The van der Waals surface area contributed by atoms with Crippen LogP contribution in [0.25, 0.3) is 0 Å². The maximum absolute atomic E-state index is 11.5. The van der Waals surface area contributed by atoms with E-state index < -0.39 is 5.41 Å². The quantitative estimate of drug-likeness (QED) is 0.497. The summed E-state index contributed by atoms with van der Waals surface area (Å²) in [5.74, 6) is -0.811. The molecule has 1 atom stereocenters. The van der Waals surface area contributed by atoms with Crippen molar-refractivity contribution in [3.8, 4) is 0 Å². The molecule has 6 nitrogen and oxygen atoms in total. The van der Waals surface area contributed by atoms with E-state index in [0.29, 0.717) is 25.9 Å². The molecule has 0 unspecified atom stereocenters. The van der Waals surface area contributed by atoms with Gasteiger partial charge in [-0.1, -0.05) is 26.7 Å². The van der Waals surface area contributed by atoms with Gasteiger partial charge >= 0.3 is 0 Å². The molecule has 0 fully saturated rings. The van der Waals surface area contributed by atoms with Gasteiger partial charge in [0.1, 0.15) is 0 Å². The van der Waals surface area contributed by atoms with Crippen molar-refractivity contribution in [1.29, 1.82) is 0 Å². The minimum absolute atomic E-state index is 0.137. The average Bonchev–Trinajstić information content (AvgIpc) is 2.56. The number of carbonyl (C=O) groups is 3. The summed E-state index contributed by atoms with van der Waals surface area (Å²) in [5.41, 5.74) is -0.398. The summed E-state index contributed by atoms with van der Waals surface area (Å²) in [6, 6.07) is -0.137. The van der Waals surface area contributed by atoms with Crippen LogP contribution in [0, 0.1) is 5.41 Å². The molecule has 3 N–H and O–H groups in total. The van der Waals surface area contributed by atoms with Gasteiger partial charge in [-0.15, -0.1) is 0 Å². The van der Waals surface area contributed by atoms with E-state index in [1.54, 1.807) is 0 Å². The molecule has 0 aliphatic rings. The fourth-order valence-electron chi connectivity index (χ4n) is 2.30. The second-order valence-electron chi connectivity index (χ2n) is 5.52. The molecule has 0 spiro atoms. The molecule has 0 saturated carbocycles. The van der Waals surface area contributed by atoms with Crippen molar-refractivity contribution in [1.82, 2.24) is 16.0 Å². The van der Waals surface area contributed by atoms with Crippen LogP contribution in [0.2, 0.25) is 0 Å². The molecule has 0 aromatic carbocycles. The lowest BCUT2D eigenvalue weighted by atomic mass is 9.78. The summed E-state index contributed by atoms with van der Waals surface area (Å²) >= 11 is 0. The summed E-state index contributed by atoms with van der Waals surface area (Å²) in [4.78, 5) is 34.4. The monoisotopic (exact) mass is 321 g/mol. The highest BCUT2D eigenvalue weighted by molar-refractivity contribution is 5.88. The Hall–Kier alpha value is -2.37. The molecule has 0 aromatic rings. The standard InChI is InChI=1S/C17H27N3O3/c1-6-14(21)18-11-17(9-4,12-19-15(22)7-2)10-13(5)20-16(23)8-3/h6-8,13H,1-3,9-12H2,4-5H3,(H,18,21)(H,19,22)(H,20,23)/t13-/m1/s1. The highest BCUT2D eigenvalue weighted by atomic mass is 16.2. The summed E-state index contributed by atoms with van der Waals surface area (Å²) in [5, 5.41) is 8.34. The van der Waals surface area contributed by atoms with Gasteiger partial charge in [-0.05, 0) is 38.0 Å². The smallest absolute Gasteiger partial charge is 0.243 e. The van der Waals surface area contributed by atoms with Crippen molar-refractivity contribution in [3.63, 3.8) is 0 Å². The predicted octanol–water partition coefficient (Wildman–Crippen LogP) is 1.07. The minimum Gasteiger partial charge on any atom is -0.352 e. The maximum Gasteiger partial charge on any atom is 0.243 e. The van der Waals surface area contributed by atoms with E-state index >= 15 is 0 Å². The molecular formula is C17H27N3O3. The van der Waals surface area contributed by atoms with Gasteiger partial charge in [-0.3, -0.25) is 14.4 Å². The first-order valence-electron chi connectivity index (χ1n) is 7.56. The van der Waals surface area contributed by atoms with Crippen molar-refractivity contribution in [2.24, 2.45) is 5.41 Å².